The molecule has 0 heterocycles. The largest absolute Gasteiger partial charge is 0.528 e. The maximum atomic E-state index is 9.06. The summed E-state index contributed by atoms with van der Waals surface area (Å²) < 4.78 is 0. The Balaban J connectivity index is 3.60. The van der Waals surface area contributed by atoms with E-state index in [1.165, 1.54) is 0 Å². The molecular weight excluding hydrogens is 86.0 g/mol. The highest BCUT2D eigenvalue weighted by Gasteiger charge is 1.63. The van der Waals surface area contributed by atoms with Gasteiger partial charge in [0.05, 0.1) is 0 Å². The average molecular weight is 86.0 g/mol. The highest BCUT2D eigenvalue weighted by atomic mass is 16.4. The van der Waals surface area contributed by atoms with Crippen LogP contribution in [0.3, 0.4) is 0 Å². The summed E-state index contributed by atoms with van der Waals surface area (Å²) in [5.41, 5.74) is 0. The van der Waals surface area contributed by atoms with E-state index in [0.29, 0.717) is 0 Å². The van der Waals surface area contributed by atoms with Crippen molar-refractivity contribution in [3.63, 3.8) is 0 Å². The smallest absolute Gasteiger partial charge is 0.241 e. The summed E-state index contributed by atoms with van der Waals surface area (Å²) in [4.78, 5) is 20.1. The lowest BCUT2D eigenvalue weighted by Crippen LogP contribution is -2.16. The predicted octanol–water partition coefficient (Wildman–Crippen LogP) is -1.33. The van der Waals surface area contributed by atoms with E-state index in [1.807, 2.05) is 0 Å². The van der Waals surface area contributed by atoms with Gasteiger partial charge in [0.15, 0.2) is 6.09 Å². The van der Waals surface area contributed by atoms with Crippen LogP contribution in [-0.2, 0) is 4.79 Å². The Kier molecular flexibility index (Phi) is 1.71. The third-order valence-electron chi connectivity index (χ3n) is 0.137. The van der Waals surface area contributed by atoms with Crippen LogP contribution in [0, 0.1) is 0 Å². The van der Waals surface area contributed by atoms with Crippen LogP contribution in [0.15, 0.2) is 4.99 Å². The van der Waals surface area contributed by atoms with Crippen molar-refractivity contribution < 1.29 is 14.7 Å². The maximum absolute atomic E-state index is 9.06. The molecule has 0 unspecified atom stereocenters. The van der Waals surface area contributed by atoms with Crippen molar-refractivity contribution >= 4 is 12.2 Å². The first kappa shape index (κ1) is 4.85. The third kappa shape index (κ3) is 2.85. The molecule has 32 valence electrons. The fourth-order valence-electron chi connectivity index (χ4n) is 0.0373. The number of carbonyl (C=O) groups excluding carboxylic acids is 2. The lowest BCUT2D eigenvalue weighted by atomic mass is 11.2. The normalized spacial score (nSPS) is 6.00. The van der Waals surface area contributed by atoms with Crippen LogP contribution >= 0.6 is 0 Å². The number of nitrogens with zero attached hydrogens (tertiary/aromatic N) is 1. The molecule has 0 N–H and O–H groups in total. The molecule has 0 bridgehead atoms. The summed E-state index contributed by atoms with van der Waals surface area (Å²) in [6.45, 7) is 0. The Morgan fingerprint density at radius 1 is 1.83 bits per heavy atom. The summed E-state index contributed by atoms with van der Waals surface area (Å²) >= 11 is 0. The Morgan fingerprint density at radius 2 is 2.33 bits per heavy atom. The molecule has 1 amide bonds. The van der Waals surface area contributed by atoms with Gasteiger partial charge < -0.3 is 9.90 Å². The summed E-state index contributed by atoms with van der Waals surface area (Å²) in [7, 11) is 0. The van der Waals surface area contributed by atoms with Crippen molar-refractivity contribution in [2.75, 3.05) is 0 Å². The number of amides is 1. The second-order valence-electron chi connectivity index (χ2n) is 0.469. The van der Waals surface area contributed by atoms with Crippen molar-refractivity contribution in [1.29, 1.82) is 0 Å². The molecule has 0 aromatic rings. The van der Waals surface area contributed by atoms with E-state index in [-0.39, 0.29) is 0 Å². The quantitative estimate of drug-likeness (QED) is 0.271. The second kappa shape index (κ2) is 2.11. The van der Waals surface area contributed by atoms with E-state index < -0.39 is 6.09 Å². The van der Waals surface area contributed by atoms with E-state index in [1.54, 1.807) is 0 Å². The van der Waals surface area contributed by atoms with Crippen LogP contribution in [0.25, 0.3) is 0 Å². The van der Waals surface area contributed by atoms with Gasteiger partial charge in [0.2, 0.25) is 6.08 Å². The molecule has 0 saturated heterocycles. The van der Waals surface area contributed by atoms with Crippen molar-refractivity contribution in [3.8, 4) is 0 Å². The number of isocyanates is 1. The number of aliphatic imine (C=N–C) groups is 1. The summed E-state index contributed by atoms with van der Waals surface area (Å²) in [6, 6.07) is 0. The van der Waals surface area contributed by atoms with Crippen LogP contribution in [0.1, 0.15) is 0 Å². The number of hydrogen-bond acceptors (Lipinski definition) is 3. The molecule has 0 saturated carbocycles. The number of carboxylic acid groups (broad SMARTS) is 1. The van der Waals surface area contributed by atoms with Gasteiger partial charge in [-0.05, 0) is 0 Å². The number of rotatable bonds is 0. The fraction of sp³-hybridized carbons (Fsp3) is 0. The molecule has 0 rings (SSSR count). The molecule has 6 heavy (non-hydrogen) atoms. The van der Waals surface area contributed by atoms with Gasteiger partial charge in [0, 0.05) is 0 Å². The molecule has 0 fully saturated rings. The topological polar surface area (TPSA) is 69.6 Å². The Bertz CT molecular complexity index is 101. The lowest BCUT2D eigenvalue weighted by Gasteiger charge is -1.78. The van der Waals surface area contributed by atoms with Gasteiger partial charge in [-0.25, -0.2) is 4.79 Å². The first-order valence-corrected chi connectivity index (χ1v) is 1.06. The highest BCUT2D eigenvalue weighted by molar-refractivity contribution is 5.69. The Labute approximate surface area is 33.1 Å². The minimum absolute atomic E-state index is 0.780. The third-order valence-corrected chi connectivity index (χ3v) is 0.137. The van der Waals surface area contributed by atoms with Gasteiger partial charge >= 0.3 is 0 Å². The zero-order valence-electron chi connectivity index (χ0n) is 2.67. The van der Waals surface area contributed by atoms with Crippen LogP contribution in [0.5, 0.6) is 0 Å². The summed E-state index contributed by atoms with van der Waals surface area (Å²) in [6.07, 6.45) is -0.979. The van der Waals surface area contributed by atoms with Crippen LogP contribution in [0.4, 0.5) is 4.79 Å². The van der Waals surface area contributed by atoms with Crippen molar-refractivity contribution in [3.05, 3.63) is 0 Å². The van der Waals surface area contributed by atoms with Crippen LogP contribution < -0.4 is 5.11 Å². The predicted molar refractivity (Wildman–Crippen MR) is 13.5 cm³/mol. The molecule has 4 heteroatoms. The lowest BCUT2D eigenvalue weighted by molar-refractivity contribution is -0.245. The molecule has 0 aliphatic carbocycles. The SMILES string of the molecule is O=C=NC(=O)[O-]. The highest BCUT2D eigenvalue weighted by Crippen LogP contribution is 1.53. The van der Waals surface area contributed by atoms with Gasteiger partial charge in [-0.3, -0.25) is 0 Å². The minimum Gasteiger partial charge on any atom is -0.528 e. The maximum Gasteiger partial charge on any atom is 0.241 e. The van der Waals surface area contributed by atoms with E-state index in [4.69, 9.17) is 14.7 Å². The van der Waals surface area contributed by atoms with E-state index in [0.717, 1.165) is 6.08 Å². The van der Waals surface area contributed by atoms with Crippen LogP contribution in [0.2, 0.25) is 0 Å². The first-order valence-electron chi connectivity index (χ1n) is 1.06. The molecule has 0 aromatic heterocycles. The van der Waals surface area contributed by atoms with Crippen LogP contribution in [-0.4, -0.2) is 12.2 Å². The number of hydrogen-bond donors (Lipinski definition) is 0. The van der Waals surface area contributed by atoms with Gasteiger partial charge in [-0.1, -0.05) is 0 Å². The molecule has 0 radical (unpaired) electrons. The molecular formula is C2NO3-. The van der Waals surface area contributed by atoms with Crippen molar-refractivity contribution in [2.45, 2.75) is 0 Å². The zero-order chi connectivity index (χ0) is 4.99. The minimum atomic E-state index is -1.76. The Hall–Kier alpha value is -1.15. The fourth-order valence-corrected chi connectivity index (χ4v) is 0.0373. The van der Waals surface area contributed by atoms with E-state index >= 15 is 0 Å². The molecule has 0 aromatic carbocycles. The summed E-state index contributed by atoms with van der Waals surface area (Å²) in [5.74, 6) is 0. The van der Waals surface area contributed by atoms with Gasteiger partial charge in [0.1, 0.15) is 0 Å². The number of carbonyl (C=O) groups is 1. The molecule has 0 aliphatic heterocycles. The molecule has 4 nitrogen and oxygen atoms in total. The Morgan fingerprint density at radius 3 is 2.33 bits per heavy atom. The average Bonchev–Trinajstić information content (AvgIpc) is 1.35. The van der Waals surface area contributed by atoms with Gasteiger partial charge in [0.25, 0.3) is 0 Å². The van der Waals surface area contributed by atoms with Crippen molar-refractivity contribution in [1.82, 2.24) is 0 Å². The van der Waals surface area contributed by atoms with Gasteiger partial charge in [-0.2, -0.15) is 4.99 Å². The van der Waals surface area contributed by atoms with E-state index in [2.05, 4.69) is 4.99 Å². The zero-order valence-corrected chi connectivity index (χ0v) is 2.67. The van der Waals surface area contributed by atoms with Gasteiger partial charge in [-0.15, -0.1) is 0 Å². The summed E-state index contributed by atoms with van der Waals surface area (Å²) in [5, 5.41) is 9.06. The molecule has 0 atom stereocenters. The second-order valence-corrected chi connectivity index (χ2v) is 0.469. The van der Waals surface area contributed by atoms with Crippen molar-refractivity contribution in [2.24, 2.45) is 4.99 Å². The monoisotopic (exact) mass is 86.0 g/mol. The standard InChI is InChI=1S/C2HNO3/c4-1-3-2(5)6/h(H,5,6)/p-1. The van der Waals surface area contributed by atoms with E-state index in [9.17, 15) is 0 Å². The first-order chi connectivity index (χ1) is 2.77. The molecule has 0 spiro atoms. The molecule has 0 aliphatic rings.